The van der Waals surface area contributed by atoms with E-state index in [1.807, 2.05) is 34.1 Å². The van der Waals surface area contributed by atoms with E-state index in [9.17, 15) is 9.59 Å². The molecule has 3 rings (SSSR count). The van der Waals surface area contributed by atoms with E-state index >= 15 is 0 Å². The summed E-state index contributed by atoms with van der Waals surface area (Å²) in [6.45, 7) is 2.06. The van der Waals surface area contributed by atoms with Crippen LogP contribution in [0.15, 0.2) is 24.3 Å². The number of urea groups is 1. The molecule has 0 unspecified atom stereocenters. The molecule has 142 valence electrons. The van der Waals surface area contributed by atoms with Crippen LogP contribution in [0.25, 0.3) is 0 Å². The van der Waals surface area contributed by atoms with E-state index in [4.69, 9.17) is 9.84 Å². The van der Waals surface area contributed by atoms with Crippen LogP contribution in [0.2, 0.25) is 0 Å². The predicted octanol–water partition coefficient (Wildman–Crippen LogP) is 1.92. The van der Waals surface area contributed by atoms with Crippen LogP contribution in [-0.4, -0.2) is 65.7 Å². The molecule has 26 heavy (non-hydrogen) atoms. The van der Waals surface area contributed by atoms with Crippen molar-refractivity contribution in [2.45, 2.75) is 44.3 Å². The van der Waals surface area contributed by atoms with E-state index in [0.29, 0.717) is 25.7 Å². The van der Waals surface area contributed by atoms with Crippen molar-refractivity contribution in [3.8, 4) is 5.75 Å². The third kappa shape index (κ3) is 5.11. The van der Waals surface area contributed by atoms with Gasteiger partial charge in [-0.25, -0.2) is 4.79 Å². The van der Waals surface area contributed by atoms with Crippen LogP contribution in [0.1, 0.15) is 31.2 Å². The van der Waals surface area contributed by atoms with Crippen LogP contribution in [0.3, 0.4) is 0 Å². The summed E-state index contributed by atoms with van der Waals surface area (Å²) in [4.78, 5) is 27.4. The summed E-state index contributed by atoms with van der Waals surface area (Å²) in [5.74, 6) is -0.00450. The number of likely N-dealkylation sites (tertiary alicyclic amines) is 1. The molecule has 1 aliphatic heterocycles. The van der Waals surface area contributed by atoms with Crippen LogP contribution in [-0.2, 0) is 11.3 Å². The highest BCUT2D eigenvalue weighted by atomic mass is 16.5. The van der Waals surface area contributed by atoms with Crippen LogP contribution in [0.5, 0.6) is 5.75 Å². The number of benzene rings is 1. The molecule has 0 bridgehead atoms. The first kappa shape index (κ1) is 18.5. The Morgan fingerprint density at radius 1 is 1.27 bits per heavy atom. The van der Waals surface area contributed by atoms with Crippen molar-refractivity contribution >= 4 is 12.0 Å². The summed E-state index contributed by atoms with van der Waals surface area (Å²) in [5, 5.41) is 12.0. The van der Waals surface area contributed by atoms with Gasteiger partial charge in [0.2, 0.25) is 0 Å². The van der Waals surface area contributed by atoms with Gasteiger partial charge >= 0.3 is 12.0 Å². The number of aliphatic carboxylic acids is 1. The van der Waals surface area contributed by atoms with Crippen molar-refractivity contribution in [3.05, 3.63) is 29.8 Å². The van der Waals surface area contributed by atoms with Gasteiger partial charge in [0.25, 0.3) is 0 Å². The minimum absolute atomic E-state index is 0.0213. The van der Waals surface area contributed by atoms with Gasteiger partial charge in [0.1, 0.15) is 5.75 Å². The molecular weight excluding hydrogens is 334 g/mol. The Kier molecular flexibility index (Phi) is 5.98. The van der Waals surface area contributed by atoms with E-state index in [2.05, 4.69) is 5.32 Å². The van der Waals surface area contributed by atoms with Gasteiger partial charge in [0, 0.05) is 31.7 Å². The summed E-state index contributed by atoms with van der Waals surface area (Å²) in [7, 11) is 1.64. The predicted molar refractivity (Wildman–Crippen MR) is 97.2 cm³/mol. The highest BCUT2D eigenvalue weighted by Gasteiger charge is 2.34. The first-order valence-corrected chi connectivity index (χ1v) is 9.19. The van der Waals surface area contributed by atoms with E-state index in [-0.39, 0.29) is 18.6 Å². The van der Waals surface area contributed by atoms with Gasteiger partial charge in [0.05, 0.1) is 13.7 Å². The molecule has 2 fully saturated rings. The number of amides is 2. The van der Waals surface area contributed by atoms with Crippen molar-refractivity contribution in [1.29, 1.82) is 0 Å². The molecule has 1 heterocycles. The molecule has 1 aromatic rings. The Hall–Kier alpha value is -2.28. The Morgan fingerprint density at radius 3 is 2.62 bits per heavy atom. The largest absolute Gasteiger partial charge is 0.497 e. The number of nitrogens with one attached hydrogen (secondary N) is 1. The minimum atomic E-state index is -0.800. The Labute approximate surface area is 153 Å². The average Bonchev–Trinajstić information content (AvgIpc) is 3.46. The molecule has 0 radical (unpaired) electrons. The number of piperidine rings is 1. The second kappa shape index (κ2) is 8.40. The van der Waals surface area contributed by atoms with Crippen LogP contribution >= 0.6 is 0 Å². The quantitative estimate of drug-likeness (QED) is 0.775. The zero-order chi connectivity index (χ0) is 18.5. The first-order valence-electron chi connectivity index (χ1n) is 9.19. The third-order valence-electron chi connectivity index (χ3n) is 5.01. The highest BCUT2D eigenvalue weighted by Crippen LogP contribution is 2.29. The van der Waals surface area contributed by atoms with Gasteiger partial charge in [-0.3, -0.25) is 9.69 Å². The molecule has 7 nitrogen and oxygen atoms in total. The van der Waals surface area contributed by atoms with Gasteiger partial charge in [-0.05, 0) is 43.4 Å². The number of nitrogens with zero attached hydrogens (tertiary/aromatic N) is 2. The lowest BCUT2D eigenvalue weighted by atomic mass is 10.1. The van der Waals surface area contributed by atoms with Crippen molar-refractivity contribution in [1.82, 2.24) is 15.1 Å². The maximum atomic E-state index is 12.8. The molecule has 2 N–H and O–H groups in total. The number of carboxylic acids is 1. The smallest absolute Gasteiger partial charge is 0.318 e. The van der Waals surface area contributed by atoms with Crippen molar-refractivity contribution in [2.75, 3.05) is 26.7 Å². The number of rotatable bonds is 7. The average molecular weight is 361 g/mol. The van der Waals surface area contributed by atoms with Gasteiger partial charge in [-0.15, -0.1) is 0 Å². The molecule has 2 aliphatic rings. The number of methoxy groups -OCH3 is 1. The maximum Gasteiger partial charge on any atom is 0.318 e. The molecular formula is C19H27N3O4. The fourth-order valence-corrected chi connectivity index (χ4v) is 3.40. The third-order valence-corrected chi connectivity index (χ3v) is 5.01. The lowest BCUT2D eigenvalue weighted by Gasteiger charge is -2.33. The summed E-state index contributed by atoms with van der Waals surface area (Å²) in [6.07, 6.45) is 3.68. The van der Waals surface area contributed by atoms with Crippen molar-refractivity contribution in [2.24, 2.45) is 0 Å². The number of ether oxygens (including phenoxy) is 1. The summed E-state index contributed by atoms with van der Waals surface area (Å²) in [6, 6.07) is 8.22. The highest BCUT2D eigenvalue weighted by molar-refractivity contribution is 5.75. The van der Waals surface area contributed by atoms with Gasteiger partial charge in [-0.1, -0.05) is 12.1 Å². The second-order valence-electron chi connectivity index (χ2n) is 7.10. The fraction of sp³-hybridized carbons (Fsp3) is 0.579. The van der Waals surface area contributed by atoms with E-state index < -0.39 is 5.97 Å². The Bertz CT molecular complexity index is 639. The van der Waals surface area contributed by atoms with E-state index in [0.717, 1.165) is 37.0 Å². The number of carbonyl (C=O) groups excluding carboxylic acids is 1. The van der Waals surface area contributed by atoms with Crippen LogP contribution in [0, 0.1) is 0 Å². The number of hydrogen-bond acceptors (Lipinski definition) is 4. The van der Waals surface area contributed by atoms with Crippen molar-refractivity contribution in [3.63, 3.8) is 0 Å². The molecule has 0 aromatic heterocycles. The molecule has 1 aliphatic carbocycles. The zero-order valence-corrected chi connectivity index (χ0v) is 15.2. The molecule has 0 spiro atoms. The number of hydrogen-bond donors (Lipinski definition) is 2. The first-order chi connectivity index (χ1) is 12.5. The van der Waals surface area contributed by atoms with Crippen molar-refractivity contribution < 1.29 is 19.4 Å². The second-order valence-corrected chi connectivity index (χ2v) is 7.10. The molecule has 1 saturated heterocycles. The van der Waals surface area contributed by atoms with Crippen LogP contribution < -0.4 is 10.1 Å². The molecule has 7 heteroatoms. The zero-order valence-electron chi connectivity index (χ0n) is 15.2. The van der Waals surface area contributed by atoms with Gasteiger partial charge in [-0.2, -0.15) is 0 Å². The van der Waals surface area contributed by atoms with Gasteiger partial charge < -0.3 is 20.1 Å². The lowest BCUT2D eigenvalue weighted by Crippen LogP contribution is -2.50. The Balaban J connectivity index is 1.54. The topological polar surface area (TPSA) is 82.1 Å². The fourth-order valence-electron chi connectivity index (χ4n) is 3.40. The normalized spacial score (nSPS) is 18.3. The van der Waals surface area contributed by atoms with Crippen LogP contribution in [0.4, 0.5) is 4.79 Å². The SMILES string of the molecule is COc1cccc(CN(C(=O)NC2CCN(CC(=O)O)CC2)C2CC2)c1. The molecule has 2 amide bonds. The monoisotopic (exact) mass is 361 g/mol. The molecule has 0 atom stereocenters. The Morgan fingerprint density at radius 2 is 2.00 bits per heavy atom. The maximum absolute atomic E-state index is 12.8. The number of carbonyl (C=O) groups is 2. The summed E-state index contributed by atoms with van der Waals surface area (Å²) >= 11 is 0. The minimum Gasteiger partial charge on any atom is -0.497 e. The summed E-state index contributed by atoms with van der Waals surface area (Å²) in [5.41, 5.74) is 1.06. The standard InChI is InChI=1S/C19H27N3O4/c1-26-17-4-2-3-14(11-17)12-22(16-5-6-16)19(25)20-15-7-9-21(10-8-15)13-18(23)24/h2-4,11,15-16H,5-10,12-13H2,1H3,(H,20,25)(H,23,24). The molecule has 1 aromatic carbocycles. The lowest BCUT2D eigenvalue weighted by molar-refractivity contribution is -0.138. The van der Waals surface area contributed by atoms with E-state index in [1.165, 1.54) is 0 Å². The van der Waals surface area contributed by atoms with E-state index in [1.54, 1.807) is 7.11 Å². The molecule has 1 saturated carbocycles. The summed E-state index contributed by atoms with van der Waals surface area (Å²) < 4.78 is 5.27. The van der Waals surface area contributed by atoms with Gasteiger partial charge in [0.15, 0.2) is 0 Å². The number of carboxylic acid groups (broad SMARTS) is 1.